The van der Waals surface area contributed by atoms with Crippen molar-refractivity contribution in [3.8, 4) is 0 Å². The molecule has 1 aliphatic heterocycles. The Balaban J connectivity index is 1.77. The number of hydrogen-bond acceptors (Lipinski definition) is 2. The molecule has 1 heterocycles. The van der Waals surface area contributed by atoms with Gasteiger partial charge < -0.3 is 10.0 Å². The molecule has 0 aromatic heterocycles. The van der Waals surface area contributed by atoms with Gasteiger partial charge in [0.25, 0.3) is 0 Å². The Hall–Kier alpha value is -2.91. The van der Waals surface area contributed by atoms with E-state index in [1.165, 1.54) is 29.5 Å². The van der Waals surface area contributed by atoms with Crippen LogP contribution in [0.4, 0.5) is 0 Å². The van der Waals surface area contributed by atoms with Crippen LogP contribution in [0.5, 0.6) is 0 Å². The van der Waals surface area contributed by atoms with Crippen molar-refractivity contribution in [2.75, 3.05) is 19.6 Å². The van der Waals surface area contributed by atoms with Gasteiger partial charge in [0.1, 0.15) is 0 Å². The fraction of sp³-hybridized carbons (Fsp3) is 0.269. The topological polar surface area (TPSA) is 40.5 Å². The summed E-state index contributed by atoms with van der Waals surface area (Å²) in [6, 6.07) is 26.6. The number of carboxylic acid groups (broad SMARTS) is 1. The van der Waals surface area contributed by atoms with Crippen molar-refractivity contribution < 1.29 is 9.90 Å². The first-order valence-electron chi connectivity index (χ1n) is 10.4. The normalized spacial score (nSPS) is 14.4. The molecule has 1 N–H and O–H groups in total. The van der Waals surface area contributed by atoms with Crippen LogP contribution in [0.15, 0.2) is 78.9 Å². The van der Waals surface area contributed by atoms with E-state index in [1.807, 2.05) is 24.3 Å². The maximum Gasteiger partial charge on any atom is 0.335 e. The lowest BCUT2D eigenvalue weighted by Crippen LogP contribution is -2.23. The second kappa shape index (κ2) is 9.06. The van der Waals surface area contributed by atoms with Crippen LogP contribution in [0.2, 0.25) is 0 Å². The molecule has 3 aromatic rings. The molecule has 0 amide bonds. The Morgan fingerprint density at radius 1 is 0.862 bits per heavy atom. The first-order valence-corrected chi connectivity index (χ1v) is 10.4. The standard InChI is InChI=1S/C26H27NO2/c28-26(29)23-13-14-24(22(19-23)15-18-27-16-7-8-17-27)25(20-9-3-1-4-10-20)21-11-5-2-6-12-21/h1-6,9-14,19,25H,7-8,15-18H2,(H,28,29). The van der Waals surface area contributed by atoms with Crippen molar-refractivity contribution in [3.05, 3.63) is 107 Å². The number of carboxylic acids is 1. The summed E-state index contributed by atoms with van der Waals surface area (Å²) in [5.74, 6) is -0.774. The molecule has 4 rings (SSSR count). The van der Waals surface area contributed by atoms with E-state index in [1.54, 1.807) is 6.07 Å². The Bertz CT molecular complexity index is 907. The number of rotatable bonds is 7. The van der Waals surface area contributed by atoms with Crippen molar-refractivity contribution >= 4 is 5.97 Å². The van der Waals surface area contributed by atoms with Gasteiger partial charge in [0, 0.05) is 12.5 Å². The minimum Gasteiger partial charge on any atom is -0.478 e. The minimum atomic E-state index is -0.866. The SMILES string of the molecule is O=C(O)c1ccc(C(c2ccccc2)c2ccccc2)c(CCN2CCCC2)c1. The molecule has 0 spiro atoms. The first kappa shape index (κ1) is 19.4. The number of nitrogens with zero attached hydrogens (tertiary/aromatic N) is 1. The van der Waals surface area contributed by atoms with Crippen LogP contribution in [0.3, 0.4) is 0 Å². The van der Waals surface area contributed by atoms with Crippen LogP contribution >= 0.6 is 0 Å². The summed E-state index contributed by atoms with van der Waals surface area (Å²) in [6.45, 7) is 3.27. The van der Waals surface area contributed by atoms with Crippen molar-refractivity contribution in [1.82, 2.24) is 4.90 Å². The lowest BCUT2D eigenvalue weighted by molar-refractivity contribution is 0.0696. The molecule has 3 heteroatoms. The van der Waals surface area contributed by atoms with Gasteiger partial charge in [-0.15, -0.1) is 0 Å². The van der Waals surface area contributed by atoms with Crippen LogP contribution in [0.25, 0.3) is 0 Å². The highest BCUT2D eigenvalue weighted by atomic mass is 16.4. The molecular weight excluding hydrogens is 358 g/mol. The molecule has 148 valence electrons. The Labute approximate surface area is 172 Å². The third-order valence-corrected chi connectivity index (χ3v) is 5.86. The van der Waals surface area contributed by atoms with Gasteiger partial charge >= 0.3 is 5.97 Å². The third kappa shape index (κ3) is 4.57. The zero-order valence-electron chi connectivity index (χ0n) is 16.6. The maximum atomic E-state index is 11.6. The molecular formula is C26H27NO2. The predicted octanol–water partition coefficient (Wildman–Crippen LogP) is 5.20. The second-order valence-corrected chi connectivity index (χ2v) is 7.77. The number of carbonyl (C=O) groups is 1. The van der Waals surface area contributed by atoms with E-state index < -0.39 is 5.97 Å². The molecule has 0 unspecified atom stereocenters. The highest BCUT2D eigenvalue weighted by Crippen LogP contribution is 2.34. The van der Waals surface area contributed by atoms with Gasteiger partial charge in [0.05, 0.1) is 5.56 Å². The minimum absolute atomic E-state index is 0.0915. The summed E-state index contributed by atoms with van der Waals surface area (Å²) in [6.07, 6.45) is 3.39. The van der Waals surface area contributed by atoms with Crippen LogP contribution in [-0.2, 0) is 6.42 Å². The summed E-state index contributed by atoms with van der Waals surface area (Å²) >= 11 is 0. The number of likely N-dealkylation sites (tertiary alicyclic amines) is 1. The van der Waals surface area contributed by atoms with Crippen LogP contribution in [0.1, 0.15) is 51.4 Å². The van der Waals surface area contributed by atoms with E-state index in [9.17, 15) is 9.90 Å². The van der Waals surface area contributed by atoms with E-state index in [0.717, 1.165) is 31.6 Å². The molecule has 0 radical (unpaired) electrons. The lowest BCUT2D eigenvalue weighted by Gasteiger charge is -2.23. The quantitative estimate of drug-likeness (QED) is 0.568. The molecule has 3 aromatic carbocycles. The zero-order chi connectivity index (χ0) is 20.1. The van der Waals surface area contributed by atoms with E-state index in [4.69, 9.17) is 0 Å². The maximum absolute atomic E-state index is 11.6. The van der Waals surface area contributed by atoms with Gasteiger partial charge in [0.2, 0.25) is 0 Å². The van der Waals surface area contributed by atoms with Crippen LogP contribution < -0.4 is 0 Å². The molecule has 1 saturated heterocycles. The first-order chi connectivity index (χ1) is 14.2. The molecule has 0 atom stereocenters. The van der Waals surface area contributed by atoms with E-state index in [-0.39, 0.29) is 5.92 Å². The molecule has 3 nitrogen and oxygen atoms in total. The van der Waals surface area contributed by atoms with E-state index >= 15 is 0 Å². The summed E-state index contributed by atoms with van der Waals surface area (Å²) in [7, 11) is 0. The fourth-order valence-electron chi connectivity index (χ4n) is 4.36. The number of aromatic carboxylic acids is 1. The largest absolute Gasteiger partial charge is 0.478 e. The predicted molar refractivity (Wildman–Crippen MR) is 117 cm³/mol. The highest BCUT2D eigenvalue weighted by molar-refractivity contribution is 5.88. The average molecular weight is 386 g/mol. The zero-order valence-corrected chi connectivity index (χ0v) is 16.6. The van der Waals surface area contributed by atoms with Crippen molar-refractivity contribution in [3.63, 3.8) is 0 Å². The Kier molecular flexibility index (Phi) is 6.06. The molecule has 1 aliphatic rings. The third-order valence-electron chi connectivity index (χ3n) is 5.86. The van der Waals surface area contributed by atoms with Gasteiger partial charge in [-0.2, -0.15) is 0 Å². The van der Waals surface area contributed by atoms with Gasteiger partial charge in [0.15, 0.2) is 0 Å². The molecule has 0 aliphatic carbocycles. The van der Waals surface area contributed by atoms with E-state index in [2.05, 4.69) is 53.4 Å². The average Bonchev–Trinajstić information content (AvgIpc) is 3.28. The summed E-state index contributed by atoms with van der Waals surface area (Å²) in [4.78, 5) is 14.1. The monoisotopic (exact) mass is 385 g/mol. The van der Waals surface area contributed by atoms with Crippen molar-refractivity contribution in [2.24, 2.45) is 0 Å². The number of benzene rings is 3. The molecule has 1 fully saturated rings. The van der Waals surface area contributed by atoms with Crippen molar-refractivity contribution in [1.29, 1.82) is 0 Å². The summed E-state index contributed by atoms with van der Waals surface area (Å²) in [5, 5.41) is 9.54. The molecule has 0 bridgehead atoms. The van der Waals surface area contributed by atoms with Gasteiger partial charge in [-0.3, -0.25) is 0 Å². The summed E-state index contributed by atoms with van der Waals surface area (Å²) < 4.78 is 0. The van der Waals surface area contributed by atoms with Gasteiger partial charge in [-0.25, -0.2) is 4.79 Å². The highest BCUT2D eigenvalue weighted by Gasteiger charge is 2.21. The molecule has 29 heavy (non-hydrogen) atoms. The second-order valence-electron chi connectivity index (χ2n) is 7.77. The fourth-order valence-corrected chi connectivity index (χ4v) is 4.36. The van der Waals surface area contributed by atoms with E-state index in [0.29, 0.717) is 5.56 Å². The van der Waals surface area contributed by atoms with Crippen molar-refractivity contribution in [2.45, 2.75) is 25.2 Å². The summed E-state index contributed by atoms with van der Waals surface area (Å²) in [5.41, 5.74) is 5.15. The lowest BCUT2D eigenvalue weighted by atomic mass is 9.81. The molecule has 0 saturated carbocycles. The smallest absolute Gasteiger partial charge is 0.335 e. The number of hydrogen-bond donors (Lipinski definition) is 1. The Morgan fingerprint density at radius 3 is 2.00 bits per heavy atom. The Morgan fingerprint density at radius 2 is 1.45 bits per heavy atom. The van der Waals surface area contributed by atoms with Crippen LogP contribution in [0, 0.1) is 0 Å². The van der Waals surface area contributed by atoms with Gasteiger partial charge in [-0.05, 0) is 66.7 Å². The van der Waals surface area contributed by atoms with Gasteiger partial charge in [-0.1, -0.05) is 66.7 Å². The van der Waals surface area contributed by atoms with Crippen LogP contribution in [-0.4, -0.2) is 35.6 Å².